The summed E-state index contributed by atoms with van der Waals surface area (Å²) in [5.74, 6) is 1.32. The molecule has 1 amide bonds. The zero-order valence-electron chi connectivity index (χ0n) is 19.8. The van der Waals surface area contributed by atoms with E-state index in [4.69, 9.17) is 21.3 Å². The lowest BCUT2D eigenvalue weighted by Crippen LogP contribution is -2.49. The number of fused-ring (bicyclic) bond motifs is 1. The van der Waals surface area contributed by atoms with E-state index in [0.29, 0.717) is 66.9 Å². The Balaban J connectivity index is 1.33. The summed E-state index contributed by atoms with van der Waals surface area (Å²) in [4.78, 5) is 39.5. The summed E-state index contributed by atoms with van der Waals surface area (Å²) in [7, 11) is 1.57. The van der Waals surface area contributed by atoms with Crippen LogP contribution in [0.4, 0.5) is 5.95 Å². The molecule has 0 N–H and O–H groups in total. The zero-order valence-corrected chi connectivity index (χ0v) is 20.6. The Kier molecular flexibility index (Phi) is 6.43. The highest BCUT2D eigenvalue weighted by atomic mass is 35.5. The molecule has 5 rings (SSSR count). The average Bonchev–Trinajstić information content (AvgIpc) is 2.88. The van der Waals surface area contributed by atoms with E-state index in [9.17, 15) is 9.59 Å². The molecule has 0 spiro atoms. The van der Waals surface area contributed by atoms with Crippen LogP contribution in [0.25, 0.3) is 0 Å². The number of ether oxygens (including phenoxy) is 1. The Morgan fingerprint density at radius 2 is 1.71 bits per heavy atom. The van der Waals surface area contributed by atoms with Gasteiger partial charge in [-0.25, -0.2) is 9.97 Å². The monoisotopic (exact) mass is 490 g/mol. The van der Waals surface area contributed by atoms with Gasteiger partial charge in [-0.15, -0.1) is 0 Å². The summed E-state index contributed by atoms with van der Waals surface area (Å²) >= 11 is 6.04. The molecule has 1 atom stereocenters. The highest BCUT2D eigenvalue weighted by molar-refractivity contribution is 6.30. The molecule has 1 aromatic heterocycles. The van der Waals surface area contributed by atoms with Gasteiger partial charge in [-0.2, -0.15) is 0 Å². The van der Waals surface area contributed by atoms with Crippen molar-refractivity contribution in [2.75, 3.05) is 38.2 Å². The SMILES string of the molecule is COc1ccccc1C(=O)N1CCN(c2nc(C)c3c(n2)C[C@H](c2ccc(Cl)cc2)CC3=O)CC1. The molecule has 2 heterocycles. The molecule has 7 nitrogen and oxygen atoms in total. The van der Waals surface area contributed by atoms with Crippen LogP contribution in [0.2, 0.25) is 5.02 Å². The molecule has 1 fully saturated rings. The fourth-order valence-corrected chi connectivity index (χ4v) is 5.10. The minimum Gasteiger partial charge on any atom is -0.496 e. The maximum Gasteiger partial charge on any atom is 0.257 e. The zero-order chi connectivity index (χ0) is 24.5. The minimum atomic E-state index is -0.0407. The van der Waals surface area contributed by atoms with Crippen LogP contribution in [0.15, 0.2) is 48.5 Å². The summed E-state index contributed by atoms with van der Waals surface area (Å²) in [6, 6.07) is 15.0. The molecule has 0 bridgehead atoms. The number of ketones is 1. The topological polar surface area (TPSA) is 75.6 Å². The third-order valence-corrected chi connectivity index (χ3v) is 7.08. The fraction of sp³-hybridized carbons (Fsp3) is 0.333. The van der Waals surface area contributed by atoms with Gasteiger partial charge in [0.2, 0.25) is 5.95 Å². The van der Waals surface area contributed by atoms with Gasteiger partial charge >= 0.3 is 0 Å². The van der Waals surface area contributed by atoms with Crippen molar-refractivity contribution in [1.29, 1.82) is 0 Å². The summed E-state index contributed by atoms with van der Waals surface area (Å²) < 4.78 is 5.36. The van der Waals surface area contributed by atoms with Crippen molar-refractivity contribution >= 4 is 29.2 Å². The molecule has 180 valence electrons. The van der Waals surface area contributed by atoms with Crippen molar-refractivity contribution in [2.45, 2.75) is 25.7 Å². The first-order valence-corrected chi connectivity index (χ1v) is 12.2. The van der Waals surface area contributed by atoms with E-state index in [1.165, 1.54) is 0 Å². The molecule has 1 saturated heterocycles. The van der Waals surface area contributed by atoms with Gasteiger partial charge in [-0.3, -0.25) is 9.59 Å². The molecule has 3 aromatic rings. The van der Waals surface area contributed by atoms with Gasteiger partial charge in [0.25, 0.3) is 5.91 Å². The molecule has 35 heavy (non-hydrogen) atoms. The molecule has 0 radical (unpaired) electrons. The second-order valence-corrected chi connectivity index (χ2v) is 9.43. The van der Waals surface area contributed by atoms with E-state index in [0.717, 1.165) is 17.0 Å². The van der Waals surface area contributed by atoms with Crippen LogP contribution in [0.5, 0.6) is 5.75 Å². The van der Waals surface area contributed by atoms with E-state index < -0.39 is 0 Å². The van der Waals surface area contributed by atoms with Crippen LogP contribution in [0, 0.1) is 6.92 Å². The third kappa shape index (κ3) is 4.60. The lowest BCUT2D eigenvalue weighted by atomic mass is 9.81. The van der Waals surface area contributed by atoms with Crippen LogP contribution >= 0.6 is 11.6 Å². The van der Waals surface area contributed by atoms with Crippen LogP contribution < -0.4 is 9.64 Å². The number of aryl methyl sites for hydroxylation is 1. The van der Waals surface area contributed by atoms with Crippen molar-refractivity contribution < 1.29 is 14.3 Å². The van der Waals surface area contributed by atoms with E-state index in [-0.39, 0.29) is 17.6 Å². The predicted molar refractivity (Wildman–Crippen MR) is 135 cm³/mol. The second-order valence-electron chi connectivity index (χ2n) is 8.99. The summed E-state index contributed by atoms with van der Waals surface area (Å²) in [6.45, 7) is 4.23. The van der Waals surface area contributed by atoms with Crippen molar-refractivity contribution in [3.63, 3.8) is 0 Å². The molecule has 2 aliphatic rings. The highest BCUT2D eigenvalue weighted by Crippen LogP contribution is 2.34. The molecule has 1 aliphatic carbocycles. The molecule has 8 heteroatoms. The van der Waals surface area contributed by atoms with Crippen molar-refractivity contribution in [2.24, 2.45) is 0 Å². The number of benzene rings is 2. The smallest absolute Gasteiger partial charge is 0.257 e. The maximum absolute atomic E-state index is 13.0. The summed E-state index contributed by atoms with van der Waals surface area (Å²) in [6.07, 6.45) is 1.13. The van der Waals surface area contributed by atoms with Gasteiger partial charge in [0.05, 0.1) is 29.6 Å². The quantitative estimate of drug-likeness (QED) is 0.542. The third-order valence-electron chi connectivity index (χ3n) is 6.83. The van der Waals surface area contributed by atoms with Gasteiger partial charge in [0.1, 0.15) is 5.75 Å². The Labute approximate surface area is 209 Å². The fourth-order valence-electron chi connectivity index (χ4n) is 4.97. The number of hydrogen-bond acceptors (Lipinski definition) is 6. The van der Waals surface area contributed by atoms with Crippen molar-refractivity contribution in [1.82, 2.24) is 14.9 Å². The van der Waals surface area contributed by atoms with Crippen LogP contribution in [-0.2, 0) is 6.42 Å². The number of anilines is 1. The number of halogens is 1. The maximum atomic E-state index is 13.0. The summed E-state index contributed by atoms with van der Waals surface area (Å²) in [5, 5.41) is 0.681. The Bertz CT molecular complexity index is 1270. The number of carbonyl (C=O) groups is 2. The highest BCUT2D eigenvalue weighted by Gasteiger charge is 2.31. The number of methoxy groups -OCH3 is 1. The van der Waals surface area contributed by atoms with E-state index in [2.05, 4.69) is 9.88 Å². The van der Waals surface area contributed by atoms with Crippen molar-refractivity contribution in [3.8, 4) is 5.75 Å². The number of rotatable bonds is 4. The molecule has 1 aliphatic heterocycles. The van der Waals surface area contributed by atoms with E-state index >= 15 is 0 Å². The molecule has 0 saturated carbocycles. The van der Waals surface area contributed by atoms with Gasteiger partial charge in [-0.05, 0) is 49.1 Å². The van der Waals surface area contributed by atoms with Gasteiger partial charge in [0, 0.05) is 37.6 Å². The van der Waals surface area contributed by atoms with Gasteiger partial charge in [-0.1, -0.05) is 35.9 Å². The number of para-hydroxylation sites is 1. The number of piperazine rings is 1. The predicted octanol–water partition coefficient (Wildman–Crippen LogP) is 4.32. The number of Topliss-reactive ketones (excluding diaryl/α,β-unsaturated/α-hetero) is 1. The summed E-state index contributed by atoms with van der Waals surface area (Å²) in [5.41, 5.74) is 3.84. The molecular weight excluding hydrogens is 464 g/mol. The normalized spacial score (nSPS) is 17.8. The van der Waals surface area contributed by atoms with Crippen LogP contribution in [0.1, 0.15) is 50.0 Å². The Morgan fingerprint density at radius 3 is 2.43 bits per heavy atom. The number of nitrogens with zero attached hydrogens (tertiary/aromatic N) is 4. The minimum absolute atomic E-state index is 0.0407. The molecule has 2 aromatic carbocycles. The largest absolute Gasteiger partial charge is 0.496 e. The van der Waals surface area contributed by atoms with Gasteiger partial charge < -0.3 is 14.5 Å². The Hall–Kier alpha value is -3.45. The van der Waals surface area contributed by atoms with Gasteiger partial charge in [0.15, 0.2) is 5.78 Å². The standard InChI is InChI=1S/C27H27ClN4O3/c1-17-25-22(15-19(16-23(25)33)18-7-9-20(28)10-8-18)30-27(29-17)32-13-11-31(12-14-32)26(34)21-5-3-4-6-24(21)35-2/h3-10,19H,11-16H2,1-2H3/t19-/m0/s1. The first-order valence-electron chi connectivity index (χ1n) is 11.8. The lowest BCUT2D eigenvalue weighted by Gasteiger charge is -2.35. The van der Waals surface area contributed by atoms with Crippen molar-refractivity contribution in [3.05, 3.63) is 81.6 Å². The second kappa shape index (κ2) is 9.66. The van der Waals surface area contributed by atoms with E-state index in [1.807, 2.05) is 48.2 Å². The van der Waals surface area contributed by atoms with Crippen LogP contribution in [0.3, 0.4) is 0 Å². The number of hydrogen-bond donors (Lipinski definition) is 0. The molecular formula is C27H27ClN4O3. The lowest BCUT2D eigenvalue weighted by molar-refractivity contribution is 0.0742. The average molecular weight is 491 g/mol. The Morgan fingerprint density at radius 1 is 1.00 bits per heavy atom. The number of amides is 1. The number of carbonyl (C=O) groups excluding carboxylic acids is 2. The first-order chi connectivity index (χ1) is 16.9. The van der Waals surface area contributed by atoms with E-state index in [1.54, 1.807) is 19.2 Å². The van der Waals surface area contributed by atoms with Crippen LogP contribution in [-0.4, -0.2) is 59.8 Å². The number of aromatic nitrogens is 2. The molecule has 0 unspecified atom stereocenters. The first kappa shape index (κ1) is 23.3.